The van der Waals surface area contributed by atoms with E-state index in [9.17, 15) is 14.4 Å². The predicted molar refractivity (Wildman–Crippen MR) is 127 cm³/mol. The lowest BCUT2D eigenvalue weighted by molar-refractivity contribution is 0.0475. The molecule has 0 aliphatic heterocycles. The smallest absolute Gasteiger partial charge is 0.338 e. The summed E-state index contributed by atoms with van der Waals surface area (Å²) in [5.74, 6) is 0.281. The SMILES string of the molecule is COc1cc(C(C)=O)ccc1COc1ccc(C(=O)OCC(=O)c2ccc(Br)s2)cc1OC. The van der Waals surface area contributed by atoms with E-state index in [1.54, 1.807) is 36.4 Å². The van der Waals surface area contributed by atoms with Gasteiger partial charge in [-0.3, -0.25) is 9.59 Å². The lowest BCUT2D eigenvalue weighted by Gasteiger charge is -2.14. The molecule has 3 rings (SSSR count). The third kappa shape index (κ3) is 6.21. The Morgan fingerprint density at radius 1 is 0.879 bits per heavy atom. The van der Waals surface area contributed by atoms with Gasteiger partial charge in [0.15, 0.2) is 23.9 Å². The van der Waals surface area contributed by atoms with Gasteiger partial charge in [-0.2, -0.15) is 0 Å². The van der Waals surface area contributed by atoms with Crippen LogP contribution in [0.1, 0.15) is 42.9 Å². The number of esters is 1. The summed E-state index contributed by atoms with van der Waals surface area (Å²) >= 11 is 4.57. The van der Waals surface area contributed by atoms with Crippen molar-refractivity contribution in [3.8, 4) is 17.2 Å². The third-order valence-electron chi connectivity index (χ3n) is 4.66. The first kappa shape index (κ1) is 24.5. The van der Waals surface area contributed by atoms with Crippen molar-refractivity contribution in [1.82, 2.24) is 0 Å². The minimum atomic E-state index is -0.648. The molecule has 0 fully saturated rings. The van der Waals surface area contributed by atoms with Gasteiger partial charge in [0.25, 0.3) is 0 Å². The van der Waals surface area contributed by atoms with Crippen LogP contribution in [0, 0.1) is 0 Å². The van der Waals surface area contributed by atoms with E-state index in [-0.39, 0.29) is 30.3 Å². The van der Waals surface area contributed by atoms with Gasteiger partial charge in [-0.25, -0.2) is 4.79 Å². The number of carbonyl (C=O) groups is 3. The zero-order chi connectivity index (χ0) is 24.0. The van der Waals surface area contributed by atoms with Gasteiger partial charge in [-0.1, -0.05) is 12.1 Å². The maximum absolute atomic E-state index is 12.4. The van der Waals surface area contributed by atoms with Gasteiger partial charge in [0.05, 0.1) is 28.4 Å². The minimum absolute atomic E-state index is 0.0603. The number of Topliss-reactive ketones (excluding diaryl/α,β-unsaturated/α-hetero) is 2. The molecule has 3 aromatic rings. The lowest BCUT2D eigenvalue weighted by atomic mass is 10.1. The van der Waals surface area contributed by atoms with Gasteiger partial charge in [-0.15, -0.1) is 11.3 Å². The second-order valence-electron chi connectivity index (χ2n) is 6.84. The second kappa shape index (κ2) is 11.1. The molecule has 172 valence electrons. The van der Waals surface area contributed by atoms with Crippen LogP contribution in [0.2, 0.25) is 0 Å². The number of methoxy groups -OCH3 is 2. The van der Waals surface area contributed by atoms with E-state index >= 15 is 0 Å². The average Bonchev–Trinajstić information content (AvgIpc) is 3.26. The monoisotopic (exact) mass is 532 g/mol. The molecule has 0 saturated carbocycles. The van der Waals surface area contributed by atoms with E-state index in [2.05, 4.69) is 15.9 Å². The highest BCUT2D eigenvalue weighted by Crippen LogP contribution is 2.31. The molecule has 0 saturated heterocycles. The van der Waals surface area contributed by atoms with E-state index in [4.69, 9.17) is 18.9 Å². The number of ketones is 2. The molecule has 1 aromatic heterocycles. The zero-order valence-corrected chi connectivity index (χ0v) is 20.6. The first-order chi connectivity index (χ1) is 15.8. The summed E-state index contributed by atoms with van der Waals surface area (Å²) < 4.78 is 22.5. The molecular formula is C24H21BrO7S. The van der Waals surface area contributed by atoms with Crippen molar-refractivity contribution in [3.63, 3.8) is 0 Å². The number of ether oxygens (including phenoxy) is 4. The fourth-order valence-corrected chi connectivity index (χ4v) is 4.21. The second-order valence-corrected chi connectivity index (χ2v) is 9.30. The number of rotatable bonds is 10. The Kier molecular flexibility index (Phi) is 8.24. The van der Waals surface area contributed by atoms with Crippen LogP contribution in [0.15, 0.2) is 52.3 Å². The molecule has 0 radical (unpaired) electrons. The molecule has 33 heavy (non-hydrogen) atoms. The van der Waals surface area contributed by atoms with Crippen LogP contribution in [-0.2, 0) is 11.3 Å². The normalized spacial score (nSPS) is 10.4. The molecule has 1 heterocycles. The van der Waals surface area contributed by atoms with E-state index in [0.29, 0.717) is 27.7 Å². The fourth-order valence-electron chi connectivity index (χ4n) is 2.90. The lowest BCUT2D eigenvalue weighted by Crippen LogP contribution is -2.13. The average molecular weight is 533 g/mol. The van der Waals surface area contributed by atoms with Crippen molar-refractivity contribution in [2.24, 2.45) is 0 Å². The number of halogens is 1. The van der Waals surface area contributed by atoms with Crippen LogP contribution in [0.5, 0.6) is 17.2 Å². The number of benzene rings is 2. The predicted octanol–water partition coefficient (Wildman–Crippen LogP) is 5.35. The quantitative estimate of drug-likeness (QED) is 0.257. The summed E-state index contributed by atoms with van der Waals surface area (Å²) in [7, 11) is 2.98. The standard InChI is InChI=1S/C24H21BrO7S/c1-14(26)15-4-5-17(20(10-15)29-2)12-31-19-7-6-16(11-21(19)30-3)24(28)32-13-18(27)22-8-9-23(25)33-22/h4-11H,12-13H2,1-3H3. The van der Waals surface area contributed by atoms with E-state index in [1.807, 2.05) is 0 Å². The number of carbonyl (C=O) groups excluding carboxylic acids is 3. The maximum Gasteiger partial charge on any atom is 0.338 e. The Morgan fingerprint density at radius 2 is 1.58 bits per heavy atom. The van der Waals surface area contributed by atoms with Crippen LogP contribution in [0.25, 0.3) is 0 Å². The molecule has 0 amide bonds. The molecule has 9 heteroatoms. The van der Waals surface area contributed by atoms with Crippen LogP contribution >= 0.6 is 27.3 Å². The van der Waals surface area contributed by atoms with Crippen molar-refractivity contribution in [3.05, 3.63) is 73.9 Å². The molecular weight excluding hydrogens is 512 g/mol. The maximum atomic E-state index is 12.4. The van der Waals surface area contributed by atoms with Crippen molar-refractivity contribution < 1.29 is 33.3 Å². The first-order valence-electron chi connectivity index (χ1n) is 9.76. The van der Waals surface area contributed by atoms with Crippen LogP contribution in [0.3, 0.4) is 0 Å². The molecule has 0 aliphatic carbocycles. The van der Waals surface area contributed by atoms with E-state index in [0.717, 1.165) is 9.35 Å². The Hall–Kier alpha value is -3.17. The van der Waals surface area contributed by atoms with Gasteiger partial charge in [0.1, 0.15) is 12.4 Å². The van der Waals surface area contributed by atoms with Gasteiger partial charge in [0, 0.05) is 11.1 Å². The molecule has 0 spiro atoms. The highest BCUT2D eigenvalue weighted by Gasteiger charge is 2.16. The largest absolute Gasteiger partial charge is 0.496 e. The first-order valence-corrected chi connectivity index (χ1v) is 11.4. The van der Waals surface area contributed by atoms with Gasteiger partial charge in [0.2, 0.25) is 5.78 Å². The molecule has 0 aliphatic rings. The van der Waals surface area contributed by atoms with Crippen LogP contribution in [-0.4, -0.2) is 38.4 Å². The Morgan fingerprint density at radius 3 is 2.21 bits per heavy atom. The van der Waals surface area contributed by atoms with Crippen LogP contribution < -0.4 is 14.2 Å². The van der Waals surface area contributed by atoms with Crippen molar-refractivity contribution in [1.29, 1.82) is 0 Å². The topological polar surface area (TPSA) is 88.1 Å². The van der Waals surface area contributed by atoms with Gasteiger partial charge >= 0.3 is 5.97 Å². The highest BCUT2D eigenvalue weighted by atomic mass is 79.9. The highest BCUT2D eigenvalue weighted by molar-refractivity contribution is 9.11. The van der Waals surface area contributed by atoms with E-state index in [1.165, 1.54) is 44.6 Å². The molecule has 0 bridgehead atoms. The van der Waals surface area contributed by atoms with Crippen molar-refractivity contribution in [2.45, 2.75) is 13.5 Å². The minimum Gasteiger partial charge on any atom is -0.496 e. The molecule has 7 nitrogen and oxygen atoms in total. The van der Waals surface area contributed by atoms with Crippen LogP contribution in [0.4, 0.5) is 0 Å². The summed E-state index contributed by atoms with van der Waals surface area (Å²) in [6.07, 6.45) is 0. The summed E-state index contributed by atoms with van der Waals surface area (Å²) in [6, 6.07) is 13.2. The Bertz CT molecular complexity index is 1190. The molecule has 2 aromatic carbocycles. The molecule has 0 atom stereocenters. The fraction of sp³-hybridized carbons (Fsp3) is 0.208. The summed E-state index contributed by atoms with van der Waals surface area (Å²) in [4.78, 5) is 36.6. The number of hydrogen-bond donors (Lipinski definition) is 0. The number of thiophene rings is 1. The van der Waals surface area contributed by atoms with E-state index < -0.39 is 5.97 Å². The van der Waals surface area contributed by atoms with Gasteiger partial charge in [-0.05, 0) is 59.3 Å². The summed E-state index contributed by atoms with van der Waals surface area (Å²) in [6.45, 7) is 1.29. The molecule has 0 unspecified atom stereocenters. The Balaban J connectivity index is 1.66. The zero-order valence-electron chi connectivity index (χ0n) is 18.2. The third-order valence-corrected chi connectivity index (χ3v) is 6.32. The van der Waals surface area contributed by atoms with Crippen molar-refractivity contribution >= 4 is 44.8 Å². The van der Waals surface area contributed by atoms with Gasteiger partial charge < -0.3 is 18.9 Å². The number of hydrogen-bond acceptors (Lipinski definition) is 8. The molecule has 0 N–H and O–H groups in total. The summed E-state index contributed by atoms with van der Waals surface area (Å²) in [5, 5.41) is 0. The van der Waals surface area contributed by atoms with Crippen molar-refractivity contribution in [2.75, 3.05) is 20.8 Å². The Labute approximate surface area is 203 Å². The summed E-state index contributed by atoms with van der Waals surface area (Å²) in [5.41, 5.74) is 1.51.